The van der Waals surface area contributed by atoms with Crippen molar-refractivity contribution in [1.29, 1.82) is 0 Å². The van der Waals surface area contributed by atoms with Crippen LogP contribution in [0, 0.1) is 0 Å². The lowest BCUT2D eigenvalue weighted by molar-refractivity contribution is -0.119. The molecule has 21 heavy (non-hydrogen) atoms. The fraction of sp³-hybridized carbons (Fsp3) is 0.333. The highest BCUT2D eigenvalue weighted by molar-refractivity contribution is 5.96. The highest BCUT2D eigenvalue weighted by atomic mass is 16.5. The summed E-state index contributed by atoms with van der Waals surface area (Å²) < 4.78 is 6.97. The third-order valence-corrected chi connectivity index (χ3v) is 3.65. The Balaban J connectivity index is 1.89. The van der Waals surface area contributed by atoms with E-state index in [1.54, 1.807) is 22.9 Å². The van der Waals surface area contributed by atoms with Gasteiger partial charge in [0.25, 0.3) is 0 Å². The summed E-state index contributed by atoms with van der Waals surface area (Å²) >= 11 is 0. The average molecular weight is 286 g/mol. The van der Waals surface area contributed by atoms with Crippen LogP contribution in [0.2, 0.25) is 0 Å². The van der Waals surface area contributed by atoms with Crippen LogP contribution in [0.1, 0.15) is 12.0 Å². The Morgan fingerprint density at radius 3 is 3.05 bits per heavy atom. The molecule has 0 fully saturated rings. The largest absolute Gasteiger partial charge is 0.495 e. The maximum Gasteiger partial charge on any atom is 0.248 e. The number of methoxy groups -OCH3 is 1. The van der Waals surface area contributed by atoms with Crippen molar-refractivity contribution in [1.82, 2.24) is 9.78 Å². The topological polar surface area (TPSA) is 73.4 Å². The summed E-state index contributed by atoms with van der Waals surface area (Å²) in [7, 11) is 1.63. The molecule has 3 rings (SSSR count). The van der Waals surface area contributed by atoms with E-state index in [1.807, 2.05) is 18.2 Å². The second-order valence-electron chi connectivity index (χ2n) is 5.09. The van der Waals surface area contributed by atoms with Gasteiger partial charge < -0.3 is 15.4 Å². The minimum Gasteiger partial charge on any atom is -0.495 e. The number of amides is 1. The van der Waals surface area contributed by atoms with Gasteiger partial charge in [0.05, 0.1) is 24.7 Å². The van der Waals surface area contributed by atoms with Crippen LogP contribution < -0.4 is 15.4 Å². The smallest absolute Gasteiger partial charge is 0.248 e. The molecule has 2 heterocycles. The number of carbonyl (C=O) groups is 1. The zero-order chi connectivity index (χ0) is 14.8. The molecular weight excluding hydrogens is 268 g/mol. The van der Waals surface area contributed by atoms with Gasteiger partial charge in [-0.15, -0.1) is 0 Å². The summed E-state index contributed by atoms with van der Waals surface area (Å²) in [6.45, 7) is 0.873. The van der Waals surface area contributed by atoms with E-state index < -0.39 is 0 Å². The van der Waals surface area contributed by atoms with Crippen molar-refractivity contribution in [3.63, 3.8) is 0 Å². The van der Waals surface area contributed by atoms with Gasteiger partial charge in [-0.05, 0) is 24.5 Å². The number of carbonyl (C=O) groups excluding carboxylic acids is 1. The third-order valence-electron chi connectivity index (χ3n) is 3.65. The Morgan fingerprint density at radius 2 is 2.33 bits per heavy atom. The molecular formula is C15H18N4O2. The first-order valence-electron chi connectivity index (χ1n) is 6.93. The molecule has 1 aromatic carbocycles. The number of nitrogens with two attached hydrogens (primary N) is 1. The molecule has 0 unspecified atom stereocenters. The zero-order valence-corrected chi connectivity index (χ0v) is 12.0. The molecule has 2 N–H and O–H groups in total. The lowest BCUT2D eigenvalue weighted by Gasteiger charge is -2.30. The van der Waals surface area contributed by atoms with Crippen LogP contribution in [0.5, 0.6) is 5.75 Å². The summed E-state index contributed by atoms with van der Waals surface area (Å²) in [5.74, 6) is 0.726. The van der Waals surface area contributed by atoms with Crippen molar-refractivity contribution in [2.24, 2.45) is 0 Å². The van der Waals surface area contributed by atoms with E-state index in [1.165, 1.54) is 6.20 Å². The maximum atomic E-state index is 12.6. The molecule has 0 spiro atoms. The molecule has 0 atom stereocenters. The standard InChI is InChI=1S/C15H18N4O2/c1-21-13-6-2-4-11-5-3-7-19(15(11)13)14(20)10-18-9-12(16)8-17-18/h2,4,6,8-9H,3,5,7,10,16H2,1H3. The maximum absolute atomic E-state index is 12.6. The second-order valence-corrected chi connectivity index (χ2v) is 5.09. The highest BCUT2D eigenvalue weighted by Crippen LogP contribution is 2.36. The lowest BCUT2D eigenvalue weighted by atomic mass is 10.0. The van der Waals surface area contributed by atoms with Gasteiger partial charge in [0.2, 0.25) is 5.91 Å². The van der Waals surface area contributed by atoms with Gasteiger partial charge in [0.1, 0.15) is 12.3 Å². The number of hydrogen-bond acceptors (Lipinski definition) is 4. The van der Waals surface area contributed by atoms with Crippen LogP contribution in [-0.2, 0) is 17.8 Å². The molecule has 0 aliphatic carbocycles. The predicted octanol–water partition coefficient (Wildman–Crippen LogP) is 1.45. The molecule has 2 aromatic rings. The number of aromatic nitrogens is 2. The van der Waals surface area contributed by atoms with Gasteiger partial charge in [-0.25, -0.2) is 0 Å². The molecule has 6 nitrogen and oxygen atoms in total. The monoisotopic (exact) mass is 286 g/mol. The van der Waals surface area contributed by atoms with Crippen LogP contribution in [-0.4, -0.2) is 29.3 Å². The molecule has 6 heteroatoms. The van der Waals surface area contributed by atoms with E-state index in [0.717, 1.165) is 29.8 Å². The van der Waals surface area contributed by atoms with Crippen molar-refractivity contribution in [2.75, 3.05) is 24.3 Å². The summed E-state index contributed by atoms with van der Waals surface area (Å²) in [5, 5.41) is 4.06. The number of rotatable bonds is 3. The summed E-state index contributed by atoms with van der Waals surface area (Å²) in [4.78, 5) is 14.4. The SMILES string of the molecule is COc1cccc2c1N(C(=O)Cn1cc(N)cn1)CCC2. The molecule has 0 saturated carbocycles. The van der Waals surface area contributed by atoms with E-state index in [0.29, 0.717) is 12.2 Å². The van der Waals surface area contributed by atoms with Gasteiger partial charge in [-0.3, -0.25) is 9.48 Å². The molecule has 0 saturated heterocycles. The minimum atomic E-state index is -0.0106. The molecule has 1 aliphatic heterocycles. The number of para-hydroxylation sites is 1. The second kappa shape index (κ2) is 5.47. The number of ether oxygens (including phenoxy) is 1. The van der Waals surface area contributed by atoms with E-state index in [9.17, 15) is 4.79 Å². The van der Waals surface area contributed by atoms with Crippen LogP contribution in [0.3, 0.4) is 0 Å². The Bertz CT molecular complexity index is 651. The number of nitrogen functional groups attached to an aromatic ring is 1. The van der Waals surface area contributed by atoms with E-state index in [2.05, 4.69) is 5.10 Å². The van der Waals surface area contributed by atoms with Crippen LogP contribution >= 0.6 is 0 Å². The summed E-state index contributed by atoms with van der Waals surface area (Å²) in [6.07, 6.45) is 5.11. The molecule has 1 amide bonds. The van der Waals surface area contributed by atoms with Crippen LogP contribution in [0.4, 0.5) is 11.4 Å². The lowest BCUT2D eigenvalue weighted by Crippen LogP contribution is -2.38. The normalized spacial score (nSPS) is 13.9. The van der Waals surface area contributed by atoms with Gasteiger partial charge in [-0.1, -0.05) is 12.1 Å². The zero-order valence-electron chi connectivity index (χ0n) is 12.0. The first-order valence-corrected chi connectivity index (χ1v) is 6.93. The first-order chi connectivity index (χ1) is 10.2. The van der Waals surface area contributed by atoms with E-state index >= 15 is 0 Å². The van der Waals surface area contributed by atoms with Gasteiger partial charge in [0, 0.05) is 12.7 Å². The molecule has 1 aliphatic rings. The predicted molar refractivity (Wildman–Crippen MR) is 80.3 cm³/mol. The Labute approximate surface area is 123 Å². The number of hydrogen-bond donors (Lipinski definition) is 1. The van der Waals surface area contributed by atoms with Crippen molar-refractivity contribution in [2.45, 2.75) is 19.4 Å². The Morgan fingerprint density at radius 1 is 1.48 bits per heavy atom. The Kier molecular flexibility index (Phi) is 3.51. The van der Waals surface area contributed by atoms with Gasteiger partial charge >= 0.3 is 0 Å². The number of fused-ring (bicyclic) bond motifs is 1. The average Bonchev–Trinajstić information content (AvgIpc) is 2.91. The number of anilines is 2. The van der Waals surface area contributed by atoms with E-state index in [4.69, 9.17) is 10.5 Å². The molecule has 0 radical (unpaired) electrons. The van der Waals surface area contributed by atoms with E-state index in [-0.39, 0.29) is 12.5 Å². The summed E-state index contributed by atoms with van der Waals surface area (Å²) in [6, 6.07) is 5.89. The van der Waals surface area contributed by atoms with Gasteiger partial charge in [-0.2, -0.15) is 5.10 Å². The fourth-order valence-electron chi connectivity index (χ4n) is 2.72. The van der Waals surface area contributed by atoms with Crippen molar-refractivity contribution in [3.8, 4) is 5.75 Å². The first kappa shape index (κ1) is 13.5. The molecule has 0 bridgehead atoms. The Hall–Kier alpha value is -2.50. The van der Waals surface area contributed by atoms with Crippen molar-refractivity contribution in [3.05, 3.63) is 36.2 Å². The van der Waals surface area contributed by atoms with Crippen LogP contribution in [0.15, 0.2) is 30.6 Å². The summed E-state index contributed by atoms with van der Waals surface area (Å²) in [5.41, 5.74) is 8.21. The molecule has 1 aromatic heterocycles. The number of benzene rings is 1. The van der Waals surface area contributed by atoms with Gasteiger partial charge in [0.15, 0.2) is 0 Å². The van der Waals surface area contributed by atoms with Crippen LogP contribution in [0.25, 0.3) is 0 Å². The van der Waals surface area contributed by atoms with Crippen molar-refractivity contribution < 1.29 is 9.53 Å². The third kappa shape index (κ3) is 2.56. The highest BCUT2D eigenvalue weighted by Gasteiger charge is 2.26. The minimum absolute atomic E-state index is 0.0106. The quantitative estimate of drug-likeness (QED) is 0.927. The fourth-order valence-corrected chi connectivity index (χ4v) is 2.72. The van der Waals surface area contributed by atoms with Crippen molar-refractivity contribution >= 4 is 17.3 Å². The molecule has 110 valence electrons. The number of aryl methyl sites for hydroxylation is 1. The number of nitrogens with zero attached hydrogens (tertiary/aromatic N) is 3.